The summed E-state index contributed by atoms with van der Waals surface area (Å²) in [5.74, 6) is 0.0106. The molecule has 20 heavy (non-hydrogen) atoms. The molecule has 1 fully saturated rings. The van der Waals surface area contributed by atoms with E-state index < -0.39 is 0 Å². The number of rotatable bonds is 3. The Bertz CT molecular complexity index is 528. The van der Waals surface area contributed by atoms with Crippen LogP contribution < -0.4 is 5.73 Å². The van der Waals surface area contributed by atoms with E-state index in [1.165, 1.54) is 0 Å². The minimum atomic E-state index is -0.269. The predicted octanol–water partition coefficient (Wildman–Crippen LogP) is 2.83. The van der Waals surface area contributed by atoms with Crippen molar-refractivity contribution < 1.29 is 9.59 Å². The van der Waals surface area contributed by atoms with E-state index in [2.05, 4.69) is 15.9 Å². The monoisotopic (exact) mass is 358 g/mol. The molecule has 0 atom stereocenters. The molecular formula is C14H16BrClN2O2. The minimum absolute atomic E-state index is 0.0167. The van der Waals surface area contributed by atoms with Crippen LogP contribution in [-0.4, -0.2) is 29.8 Å². The van der Waals surface area contributed by atoms with Gasteiger partial charge in [0, 0.05) is 29.5 Å². The zero-order valence-electron chi connectivity index (χ0n) is 10.9. The van der Waals surface area contributed by atoms with E-state index in [1.54, 1.807) is 23.1 Å². The Morgan fingerprint density at radius 2 is 2.00 bits per heavy atom. The quantitative estimate of drug-likeness (QED) is 0.902. The smallest absolute Gasteiger partial charge is 0.253 e. The molecular weight excluding hydrogens is 344 g/mol. The Morgan fingerprint density at radius 1 is 1.35 bits per heavy atom. The molecule has 0 aliphatic carbocycles. The molecule has 1 aliphatic heterocycles. The SMILES string of the molecule is NC(=O)CC1CCN(C(=O)c2ccc(Br)c(Cl)c2)CC1. The van der Waals surface area contributed by atoms with E-state index >= 15 is 0 Å². The number of amides is 2. The standard InChI is InChI=1S/C14H16BrClN2O2/c15-11-2-1-10(8-12(11)16)14(20)18-5-3-9(4-6-18)7-13(17)19/h1-2,8-9H,3-7H2,(H2,17,19). The molecule has 2 amide bonds. The summed E-state index contributed by atoms with van der Waals surface area (Å²) >= 11 is 9.31. The van der Waals surface area contributed by atoms with Crippen molar-refractivity contribution in [3.8, 4) is 0 Å². The van der Waals surface area contributed by atoms with Crippen LogP contribution in [-0.2, 0) is 4.79 Å². The molecule has 0 aromatic heterocycles. The molecule has 2 rings (SSSR count). The van der Waals surface area contributed by atoms with Gasteiger partial charge in [-0.15, -0.1) is 0 Å². The third-order valence-corrected chi connectivity index (χ3v) is 4.79. The second kappa shape index (κ2) is 6.59. The van der Waals surface area contributed by atoms with Gasteiger partial charge in [-0.2, -0.15) is 0 Å². The molecule has 0 unspecified atom stereocenters. The third-order valence-electron chi connectivity index (χ3n) is 3.56. The van der Waals surface area contributed by atoms with Gasteiger partial charge in [-0.25, -0.2) is 0 Å². The van der Waals surface area contributed by atoms with Gasteiger partial charge in [-0.1, -0.05) is 11.6 Å². The summed E-state index contributed by atoms with van der Waals surface area (Å²) < 4.78 is 0.774. The van der Waals surface area contributed by atoms with E-state index in [0.29, 0.717) is 36.0 Å². The lowest BCUT2D eigenvalue weighted by molar-refractivity contribution is -0.119. The summed E-state index contributed by atoms with van der Waals surface area (Å²) in [6, 6.07) is 5.20. The number of likely N-dealkylation sites (tertiary alicyclic amines) is 1. The van der Waals surface area contributed by atoms with Gasteiger partial charge < -0.3 is 10.6 Å². The summed E-state index contributed by atoms with van der Waals surface area (Å²) in [5.41, 5.74) is 5.79. The molecule has 108 valence electrons. The van der Waals surface area contributed by atoms with E-state index in [4.69, 9.17) is 17.3 Å². The van der Waals surface area contributed by atoms with Crippen molar-refractivity contribution >= 4 is 39.3 Å². The summed E-state index contributed by atoms with van der Waals surface area (Å²) in [6.07, 6.45) is 2.05. The molecule has 0 saturated carbocycles. The van der Waals surface area contributed by atoms with Gasteiger partial charge in [0.25, 0.3) is 5.91 Å². The number of benzene rings is 1. The largest absolute Gasteiger partial charge is 0.370 e. The molecule has 1 saturated heterocycles. The van der Waals surface area contributed by atoms with E-state index in [-0.39, 0.29) is 11.8 Å². The van der Waals surface area contributed by atoms with Crippen molar-refractivity contribution in [1.82, 2.24) is 4.90 Å². The Hall–Kier alpha value is -1.07. The van der Waals surface area contributed by atoms with Crippen LogP contribution in [0, 0.1) is 5.92 Å². The zero-order chi connectivity index (χ0) is 14.7. The number of carbonyl (C=O) groups excluding carboxylic acids is 2. The van der Waals surface area contributed by atoms with Gasteiger partial charge in [0.2, 0.25) is 5.91 Å². The number of halogens is 2. The fourth-order valence-electron chi connectivity index (χ4n) is 2.44. The second-order valence-corrected chi connectivity index (χ2v) is 6.30. The number of piperidine rings is 1. The molecule has 2 N–H and O–H groups in total. The molecule has 6 heteroatoms. The molecule has 1 aliphatic rings. The first-order valence-corrected chi connectivity index (χ1v) is 7.67. The highest BCUT2D eigenvalue weighted by atomic mass is 79.9. The molecule has 1 heterocycles. The average molecular weight is 360 g/mol. The van der Waals surface area contributed by atoms with Crippen molar-refractivity contribution in [3.05, 3.63) is 33.3 Å². The summed E-state index contributed by atoms with van der Waals surface area (Å²) in [6.45, 7) is 1.31. The van der Waals surface area contributed by atoms with Crippen molar-refractivity contribution in [3.63, 3.8) is 0 Å². The Kier molecular flexibility index (Phi) is 5.05. The van der Waals surface area contributed by atoms with Gasteiger partial charge >= 0.3 is 0 Å². The maximum atomic E-state index is 12.4. The average Bonchev–Trinajstić information content (AvgIpc) is 2.41. The predicted molar refractivity (Wildman–Crippen MR) is 81.6 cm³/mol. The van der Waals surface area contributed by atoms with Gasteiger partial charge in [0.05, 0.1) is 5.02 Å². The topological polar surface area (TPSA) is 63.4 Å². The summed E-state index contributed by atoms with van der Waals surface area (Å²) in [5, 5.41) is 0.527. The number of primary amides is 1. The van der Waals surface area contributed by atoms with Gasteiger partial charge in [-0.05, 0) is 52.9 Å². The number of carbonyl (C=O) groups is 2. The normalized spacial score (nSPS) is 16.2. The van der Waals surface area contributed by atoms with Gasteiger partial charge in [-0.3, -0.25) is 9.59 Å². The number of nitrogens with two attached hydrogens (primary N) is 1. The van der Waals surface area contributed by atoms with Crippen LogP contribution in [0.5, 0.6) is 0 Å². The van der Waals surface area contributed by atoms with Crippen molar-refractivity contribution in [2.75, 3.05) is 13.1 Å². The van der Waals surface area contributed by atoms with Crippen LogP contribution in [0.3, 0.4) is 0 Å². The first-order chi connectivity index (χ1) is 9.47. The van der Waals surface area contributed by atoms with Crippen LogP contribution in [0.2, 0.25) is 5.02 Å². The van der Waals surface area contributed by atoms with Crippen LogP contribution in [0.4, 0.5) is 0 Å². The first kappa shape index (κ1) is 15.3. The summed E-state index contributed by atoms with van der Waals surface area (Å²) in [7, 11) is 0. The fourth-order valence-corrected chi connectivity index (χ4v) is 2.86. The molecule has 0 radical (unpaired) electrons. The summed E-state index contributed by atoms with van der Waals surface area (Å²) in [4.78, 5) is 25.1. The molecule has 4 nitrogen and oxygen atoms in total. The molecule has 1 aromatic rings. The molecule has 1 aromatic carbocycles. The maximum absolute atomic E-state index is 12.4. The first-order valence-electron chi connectivity index (χ1n) is 6.50. The Morgan fingerprint density at radius 3 is 2.55 bits per heavy atom. The highest BCUT2D eigenvalue weighted by molar-refractivity contribution is 9.10. The Labute approximate surface area is 131 Å². The van der Waals surface area contributed by atoms with Crippen molar-refractivity contribution in [1.29, 1.82) is 0 Å². The highest BCUT2D eigenvalue weighted by Crippen LogP contribution is 2.25. The molecule has 0 bridgehead atoms. The van der Waals surface area contributed by atoms with E-state index in [1.807, 2.05) is 0 Å². The second-order valence-electron chi connectivity index (χ2n) is 5.03. The number of hydrogen-bond acceptors (Lipinski definition) is 2. The highest BCUT2D eigenvalue weighted by Gasteiger charge is 2.24. The van der Waals surface area contributed by atoms with Crippen LogP contribution in [0.15, 0.2) is 22.7 Å². The number of nitrogens with zero attached hydrogens (tertiary/aromatic N) is 1. The van der Waals surface area contributed by atoms with Crippen molar-refractivity contribution in [2.24, 2.45) is 11.7 Å². The fraction of sp³-hybridized carbons (Fsp3) is 0.429. The van der Waals surface area contributed by atoms with E-state index in [9.17, 15) is 9.59 Å². The zero-order valence-corrected chi connectivity index (χ0v) is 13.3. The van der Waals surface area contributed by atoms with Crippen LogP contribution >= 0.6 is 27.5 Å². The minimum Gasteiger partial charge on any atom is -0.370 e. The lowest BCUT2D eigenvalue weighted by Crippen LogP contribution is -2.39. The van der Waals surface area contributed by atoms with E-state index in [0.717, 1.165) is 17.3 Å². The lowest BCUT2D eigenvalue weighted by Gasteiger charge is -2.31. The van der Waals surface area contributed by atoms with Crippen LogP contribution in [0.25, 0.3) is 0 Å². The third kappa shape index (κ3) is 3.73. The Balaban J connectivity index is 1.97. The molecule has 0 spiro atoms. The lowest BCUT2D eigenvalue weighted by atomic mass is 9.93. The van der Waals surface area contributed by atoms with Gasteiger partial charge in [0.15, 0.2) is 0 Å². The maximum Gasteiger partial charge on any atom is 0.253 e. The van der Waals surface area contributed by atoms with Crippen LogP contribution in [0.1, 0.15) is 29.6 Å². The van der Waals surface area contributed by atoms with Gasteiger partial charge in [0.1, 0.15) is 0 Å². The van der Waals surface area contributed by atoms with Crippen molar-refractivity contribution in [2.45, 2.75) is 19.3 Å². The number of hydrogen-bond donors (Lipinski definition) is 1.